The molecule has 72 valence electrons. The summed E-state index contributed by atoms with van der Waals surface area (Å²) in [5.74, 6) is 1.63. The van der Waals surface area contributed by atoms with Gasteiger partial charge in [0.15, 0.2) is 0 Å². The first-order valence-electron chi connectivity index (χ1n) is 5.19. The van der Waals surface area contributed by atoms with E-state index in [4.69, 9.17) is 5.73 Å². The summed E-state index contributed by atoms with van der Waals surface area (Å²) >= 11 is 0. The molecule has 0 aromatic rings. The van der Waals surface area contributed by atoms with Crippen LogP contribution in [0.15, 0.2) is 0 Å². The minimum atomic E-state index is 0.681. The third-order valence-corrected chi connectivity index (χ3v) is 2.98. The van der Waals surface area contributed by atoms with Crippen molar-refractivity contribution >= 4 is 0 Å². The molecule has 1 aliphatic carbocycles. The van der Waals surface area contributed by atoms with Gasteiger partial charge in [-0.15, -0.1) is 0 Å². The summed E-state index contributed by atoms with van der Waals surface area (Å²) in [5, 5.41) is 3.57. The molecule has 0 bridgehead atoms. The van der Waals surface area contributed by atoms with Crippen molar-refractivity contribution in [3.8, 4) is 0 Å². The van der Waals surface area contributed by atoms with Gasteiger partial charge in [0, 0.05) is 6.04 Å². The summed E-state index contributed by atoms with van der Waals surface area (Å²) in [4.78, 5) is 0. The van der Waals surface area contributed by atoms with Crippen LogP contribution in [0.4, 0.5) is 0 Å². The standard InChI is InChI=1S/C10H22N2/c1-3-9(6-11)7-12-10-4-8(2)5-10/h8-10,12H,3-7,11H2,1-2H3. The van der Waals surface area contributed by atoms with Gasteiger partial charge in [0.1, 0.15) is 0 Å². The molecule has 12 heavy (non-hydrogen) atoms. The summed E-state index contributed by atoms with van der Waals surface area (Å²) in [6.45, 7) is 6.47. The second-order valence-electron chi connectivity index (χ2n) is 4.19. The first-order valence-corrected chi connectivity index (χ1v) is 5.19. The van der Waals surface area contributed by atoms with Gasteiger partial charge in [-0.1, -0.05) is 20.3 Å². The minimum absolute atomic E-state index is 0.681. The zero-order valence-corrected chi connectivity index (χ0v) is 8.34. The van der Waals surface area contributed by atoms with Crippen LogP contribution in [0.25, 0.3) is 0 Å². The average molecular weight is 170 g/mol. The first kappa shape index (κ1) is 10.0. The minimum Gasteiger partial charge on any atom is -0.330 e. The summed E-state index contributed by atoms with van der Waals surface area (Å²) < 4.78 is 0. The van der Waals surface area contributed by atoms with Crippen molar-refractivity contribution in [3.05, 3.63) is 0 Å². The Morgan fingerprint density at radius 2 is 2.17 bits per heavy atom. The molecule has 0 aromatic carbocycles. The molecule has 0 saturated heterocycles. The van der Waals surface area contributed by atoms with Crippen LogP contribution < -0.4 is 11.1 Å². The fourth-order valence-electron chi connectivity index (χ4n) is 1.80. The molecular weight excluding hydrogens is 148 g/mol. The number of nitrogens with one attached hydrogen (secondary N) is 1. The zero-order chi connectivity index (χ0) is 8.97. The van der Waals surface area contributed by atoms with Gasteiger partial charge >= 0.3 is 0 Å². The molecule has 0 spiro atoms. The molecule has 1 saturated carbocycles. The van der Waals surface area contributed by atoms with Crippen LogP contribution in [-0.2, 0) is 0 Å². The lowest BCUT2D eigenvalue weighted by Gasteiger charge is -2.34. The number of nitrogens with two attached hydrogens (primary N) is 1. The maximum atomic E-state index is 5.62. The molecule has 1 unspecified atom stereocenters. The Hall–Kier alpha value is -0.0800. The lowest BCUT2D eigenvalue weighted by Crippen LogP contribution is -2.43. The molecule has 1 aliphatic rings. The van der Waals surface area contributed by atoms with Crippen LogP contribution in [0.1, 0.15) is 33.1 Å². The fraction of sp³-hybridized carbons (Fsp3) is 1.00. The number of hydrogen-bond acceptors (Lipinski definition) is 2. The predicted molar refractivity (Wildman–Crippen MR) is 53.0 cm³/mol. The van der Waals surface area contributed by atoms with Crippen LogP contribution in [0.2, 0.25) is 0 Å². The normalized spacial score (nSPS) is 31.2. The van der Waals surface area contributed by atoms with Crippen molar-refractivity contribution in [1.82, 2.24) is 5.32 Å². The van der Waals surface area contributed by atoms with E-state index in [0.717, 1.165) is 25.0 Å². The highest BCUT2D eigenvalue weighted by Crippen LogP contribution is 2.26. The quantitative estimate of drug-likeness (QED) is 0.654. The van der Waals surface area contributed by atoms with E-state index in [1.54, 1.807) is 0 Å². The van der Waals surface area contributed by atoms with E-state index in [0.29, 0.717) is 5.92 Å². The van der Waals surface area contributed by atoms with Crippen molar-refractivity contribution in [2.24, 2.45) is 17.6 Å². The zero-order valence-electron chi connectivity index (χ0n) is 8.34. The van der Waals surface area contributed by atoms with Crippen molar-refractivity contribution in [1.29, 1.82) is 0 Å². The van der Waals surface area contributed by atoms with E-state index in [-0.39, 0.29) is 0 Å². The largest absolute Gasteiger partial charge is 0.330 e. The maximum Gasteiger partial charge on any atom is 0.00722 e. The second-order valence-corrected chi connectivity index (χ2v) is 4.19. The second kappa shape index (κ2) is 4.83. The molecule has 3 N–H and O–H groups in total. The van der Waals surface area contributed by atoms with Gasteiger partial charge in [-0.3, -0.25) is 0 Å². The lowest BCUT2D eigenvalue weighted by atomic mass is 9.81. The summed E-state index contributed by atoms with van der Waals surface area (Å²) in [7, 11) is 0. The number of hydrogen-bond donors (Lipinski definition) is 2. The van der Waals surface area contributed by atoms with Crippen LogP contribution >= 0.6 is 0 Å². The van der Waals surface area contributed by atoms with E-state index < -0.39 is 0 Å². The van der Waals surface area contributed by atoms with Crippen molar-refractivity contribution in [2.75, 3.05) is 13.1 Å². The molecule has 2 nitrogen and oxygen atoms in total. The van der Waals surface area contributed by atoms with Gasteiger partial charge in [-0.05, 0) is 37.8 Å². The molecule has 0 aliphatic heterocycles. The SMILES string of the molecule is CCC(CN)CNC1CC(C)C1. The van der Waals surface area contributed by atoms with Gasteiger partial charge in [-0.2, -0.15) is 0 Å². The van der Waals surface area contributed by atoms with Gasteiger partial charge in [0.2, 0.25) is 0 Å². The Balaban J connectivity index is 2.01. The molecular formula is C10H22N2. The molecule has 1 fully saturated rings. The maximum absolute atomic E-state index is 5.62. The van der Waals surface area contributed by atoms with Crippen LogP contribution in [0.3, 0.4) is 0 Å². The number of rotatable bonds is 5. The van der Waals surface area contributed by atoms with Gasteiger partial charge < -0.3 is 11.1 Å². The monoisotopic (exact) mass is 170 g/mol. The van der Waals surface area contributed by atoms with Crippen LogP contribution in [0.5, 0.6) is 0 Å². The highest BCUT2D eigenvalue weighted by atomic mass is 14.9. The lowest BCUT2D eigenvalue weighted by molar-refractivity contribution is 0.231. The van der Waals surface area contributed by atoms with Gasteiger partial charge in [0.05, 0.1) is 0 Å². The third kappa shape index (κ3) is 2.76. The first-order chi connectivity index (χ1) is 5.76. The summed E-state index contributed by atoms with van der Waals surface area (Å²) in [5.41, 5.74) is 5.62. The van der Waals surface area contributed by atoms with Crippen LogP contribution in [-0.4, -0.2) is 19.1 Å². The van der Waals surface area contributed by atoms with Crippen molar-refractivity contribution < 1.29 is 0 Å². The van der Waals surface area contributed by atoms with E-state index in [1.165, 1.54) is 19.3 Å². The summed E-state index contributed by atoms with van der Waals surface area (Å²) in [6.07, 6.45) is 3.92. The van der Waals surface area contributed by atoms with Gasteiger partial charge in [-0.25, -0.2) is 0 Å². The van der Waals surface area contributed by atoms with Crippen molar-refractivity contribution in [3.63, 3.8) is 0 Å². The smallest absolute Gasteiger partial charge is 0.00722 e. The van der Waals surface area contributed by atoms with E-state index in [9.17, 15) is 0 Å². The Bertz CT molecular complexity index is 115. The molecule has 0 radical (unpaired) electrons. The van der Waals surface area contributed by atoms with Crippen LogP contribution in [0, 0.1) is 11.8 Å². The molecule has 0 heterocycles. The van der Waals surface area contributed by atoms with E-state index in [1.807, 2.05) is 0 Å². The average Bonchev–Trinajstić information content (AvgIpc) is 2.03. The Morgan fingerprint density at radius 1 is 1.50 bits per heavy atom. The highest BCUT2D eigenvalue weighted by molar-refractivity contribution is 4.82. The molecule has 1 atom stereocenters. The topological polar surface area (TPSA) is 38.0 Å². The van der Waals surface area contributed by atoms with E-state index >= 15 is 0 Å². The molecule has 2 heteroatoms. The van der Waals surface area contributed by atoms with Crippen molar-refractivity contribution in [2.45, 2.75) is 39.2 Å². The Morgan fingerprint density at radius 3 is 2.58 bits per heavy atom. The Labute approximate surface area is 75.9 Å². The van der Waals surface area contributed by atoms with Gasteiger partial charge in [0.25, 0.3) is 0 Å². The fourth-order valence-corrected chi connectivity index (χ4v) is 1.80. The summed E-state index contributed by atoms with van der Waals surface area (Å²) in [6, 6.07) is 0.792. The molecule has 0 aromatic heterocycles. The highest BCUT2D eigenvalue weighted by Gasteiger charge is 2.24. The third-order valence-electron chi connectivity index (χ3n) is 2.98. The molecule has 0 amide bonds. The van der Waals surface area contributed by atoms with E-state index in [2.05, 4.69) is 19.2 Å². The molecule has 1 rings (SSSR count). The predicted octanol–water partition coefficient (Wildman–Crippen LogP) is 1.36. The Kier molecular flexibility index (Phi) is 4.02.